The second-order valence-electron chi connectivity index (χ2n) is 3.78. The van der Waals surface area contributed by atoms with Crippen LogP contribution in [0.5, 0.6) is 0 Å². The van der Waals surface area contributed by atoms with Crippen molar-refractivity contribution in [3.63, 3.8) is 0 Å². The molecule has 100 valence electrons. The Bertz CT molecular complexity index is 640. The average molecular weight is 332 g/mol. The summed E-state index contributed by atoms with van der Waals surface area (Å²) in [6, 6.07) is 5.11. The molecule has 2 rings (SSSR count). The summed E-state index contributed by atoms with van der Waals surface area (Å²) in [5.74, 6) is -2.56. The zero-order valence-corrected chi connectivity index (χ0v) is 11.2. The van der Waals surface area contributed by atoms with Crippen LogP contribution in [0.25, 0.3) is 11.5 Å². The molecule has 0 fully saturated rings. The highest BCUT2D eigenvalue weighted by molar-refractivity contribution is 9.10. The number of benzene rings is 1. The molecule has 0 bridgehead atoms. The Morgan fingerprint density at radius 2 is 2.16 bits per heavy atom. The van der Waals surface area contributed by atoms with Gasteiger partial charge in [-0.15, -0.1) is 0 Å². The van der Waals surface area contributed by atoms with Gasteiger partial charge in [0.1, 0.15) is 0 Å². The molecule has 0 aliphatic carbocycles. The molecule has 0 spiro atoms. The summed E-state index contributed by atoms with van der Waals surface area (Å²) < 4.78 is 31.0. The lowest BCUT2D eigenvalue weighted by Gasteiger charge is -2.02. The van der Waals surface area contributed by atoms with Crippen molar-refractivity contribution in [3.8, 4) is 11.5 Å². The van der Waals surface area contributed by atoms with E-state index in [9.17, 15) is 13.6 Å². The van der Waals surface area contributed by atoms with E-state index in [4.69, 9.17) is 9.52 Å². The smallest absolute Gasteiger partial charge is 0.374 e. The van der Waals surface area contributed by atoms with Crippen molar-refractivity contribution >= 4 is 21.9 Å². The number of alkyl halides is 2. The van der Waals surface area contributed by atoms with E-state index in [1.54, 1.807) is 12.1 Å². The van der Waals surface area contributed by atoms with Crippen LogP contribution in [-0.4, -0.2) is 16.1 Å². The maximum atomic E-state index is 12.7. The van der Waals surface area contributed by atoms with Crippen LogP contribution in [0.1, 0.15) is 28.2 Å². The van der Waals surface area contributed by atoms with Crippen LogP contribution >= 0.6 is 15.9 Å². The lowest BCUT2D eigenvalue weighted by molar-refractivity contribution is 0.0647. The van der Waals surface area contributed by atoms with Crippen LogP contribution in [0.4, 0.5) is 8.78 Å². The summed E-state index contributed by atoms with van der Waals surface area (Å²) in [5, 5.41) is 8.82. The number of nitrogens with zero attached hydrogens (tertiary/aromatic N) is 1. The molecule has 0 radical (unpaired) electrons. The monoisotopic (exact) mass is 331 g/mol. The van der Waals surface area contributed by atoms with Crippen molar-refractivity contribution in [2.45, 2.75) is 13.3 Å². The van der Waals surface area contributed by atoms with Crippen LogP contribution in [0.3, 0.4) is 0 Å². The van der Waals surface area contributed by atoms with Crippen molar-refractivity contribution in [3.05, 3.63) is 39.7 Å². The number of hydrogen-bond acceptors (Lipinski definition) is 3. The summed E-state index contributed by atoms with van der Waals surface area (Å²) in [6.07, 6.45) is -3.01. The van der Waals surface area contributed by atoms with Gasteiger partial charge in [0.15, 0.2) is 5.69 Å². The van der Waals surface area contributed by atoms with Gasteiger partial charge in [0, 0.05) is 4.47 Å². The highest BCUT2D eigenvalue weighted by Crippen LogP contribution is 2.33. The summed E-state index contributed by atoms with van der Waals surface area (Å²) in [5.41, 5.74) is 0.413. The Morgan fingerprint density at radius 1 is 1.47 bits per heavy atom. The van der Waals surface area contributed by atoms with Gasteiger partial charge in [-0.25, -0.2) is 18.6 Å². The first-order valence-electron chi connectivity index (χ1n) is 5.19. The normalized spacial score (nSPS) is 11.0. The maximum absolute atomic E-state index is 12.7. The van der Waals surface area contributed by atoms with Gasteiger partial charge in [-0.1, -0.05) is 12.1 Å². The molecule has 1 aromatic carbocycles. The third-order valence-electron chi connectivity index (χ3n) is 2.48. The first-order valence-corrected chi connectivity index (χ1v) is 5.98. The van der Waals surface area contributed by atoms with Crippen LogP contribution in [0.15, 0.2) is 27.1 Å². The molecule has 0 aliphatic rings. The fourth-order valence-corrected chi connectivity index (χ4v) is 1.99. The number of carboxylic acids is 1. The Balaban J connectivity index is 2.61. The van der Waals surface area contributed by atoms with E-state index in [2.05, 4.69) is 20.9 Å². The zero-order valence-electron chi connectivity index (χ0n) is 9.65. The quantitative estimate of drug-likeness (QED) is 0.921. The van der Waals surface area contributed by atoms with Gasteiger partial charge in [0.05, 0.1) is 5.56 Å². The van der Waals surface area contributed by atoms with E-state index < -0.39 is 23.8 Å². The maximum Gasteiger partial charge on any atom is 0.374 e. The van der Waals surface area contributed by atoms with Gasteiger partial charge in [-0.05, 0) is 34.5 Å². The van der Waals surface area contributed by atoms with Crippen LogP contribution in [-0.2, 0) is 0 Å². The van der Waals surface area contributed by atoms with Gasteiger partial charge in [-0.3, -0.25) is 0 Å². The average Bonchev–Trinajstić information content (AvgIpc) is 2.77. The molecule has 1 aromatic heterocycles. The van der Waals surface area contributed by atoms with E-state index in [-0.39, 0.29) is 5.89 Å². The van der Waals surface area contributed by atoms with Crippen molar-refractivity contribution < 1.29 is 23.1 Å². The first-order chi connectivity index (χ1) is 8.91. The summed E-state index contributed by atoms with van der Waals surface area (Å²) in [7, 11) is 0. The largest absolute Gasteiger partial charge is 0.475 e. The molecule has 0 unspecified atom stereocenters. The van der Waals surface area contributed by atoms with E-state index in [0.29, 0.717) is 10.0 Å². The number of rotatable bonds is 3. The Morgan fingerprint density at radius 3 is 2.68 bits per heavy atom. The zero-order chi connectivity index (χ0) is 14.2. The standard InChI is InChI=1S/C12H8BrF2NO3/c1-5-3-2-4-6(7(5)13)11-16-8(10(14)15)9(19-11)12(17)18/h2-4,10H,1H3,(H,17,18). The number of aromatic carboxylic acids is 1. The number of carbonyl (C=O) groups is 1. The SMILES string of the molecule is Cc1cccc(-c2nc(C(F)F)c(C(=O)O)o2)c1Br. The predicted molar refractivity (Wildman–Crippen MR) is 66.3 cm³/mol. The molecule has 4 nitrogen and oxygen atoms in total. The van der Waals surface area contributed by atoms with Crippen molar-refractivity contribution in [1.29, 1.82) is 0 Å². The highest BCUT2D eigenvalue weighted by atomic mass is 79.9. The van der Waals surface area contributed by atoms with E-state index in [0.717, 1.165) is 5.56 Å². The van der Waals surface area contributed by atoms with E-state index in [1.807, 2.05) is 13.0 Å². The molecule has 7 heteroatoms. The minimum Gasteiger partial charge on any atom is -0.475 e. The van der Waals surface area contributed by atoms with Crippen molar-refractivity contribution in [1.82, 2.24) is 4.98 Å². The van der Waals surface area contributed by atoms with Crippen LogP contribution in [0.2, 0.25) is 0 Å². The molecular weight excluding hydrogens is 324 g/mol. The minimum atomic E-state index is -3.01. The molecule has 2 aromatic rings. The number of hydrogen-bond donors (Lipinski definition) is 1. The fraction of sp³-hybridized carbons (Fsp3) is 0.167. The summed E-state index contributed by atoms with van der Waals surface area (Å²) >= 11 is 3.29. The number of aryl methyl sites for hydroxylation is 1. The van der Waals surface area contributed by atoms with Crippen LogP contribution < -0.4 is 0 Å². The van der Waals surface area contributed by atoms with Gasteiger partial charge < -0.3 is 9.52 Å². The molecule has 0 aliphatic heterocycles. The molecule has 19 heavy (non-hydrogen) atoms. The van der Waals surface area contributed by atoms with Gasteiger partial charge in [-0.2, -0.15) is 0 Å². The highest BCUT2D eigenvalue weighted by Gasteiger charge is 2.27. The first kappa shape index (κ1) is 13.7. The molecule has 1 heterocycles. The molecular formula is C12H8BrF2NO3. The predicted octanol–water partition coefficient (Wildman–Crippen LogP) is 4.05. The topological polar surface area (TPSA) is 63.3 Å². The Hall–Kier alpha value is -1.76. The van der Waals surface area contributed by atoms with Gasteiger partial charge in [0.2, 0.25) is 11.7 Å². The molecule has 0 saturated heterocycles. The molecule has 0 saturated carbocycles. The summed E-state index contributed by atoms with van der Waals surface area (Å²) in [4.78, 5) is 14.4. The van der Waals surface area contributed by atoms with E-state index in [1.165, 1.54) is 0 Å². The second kappa shape index (κ2) is 5.08. The van der Waals surface area contributed by atoms with Crippen LogP contribution in [0, 0.1) is 6.92 Å². The Kier molecular flexibility index (Phi) is 3.66. The van der Waals surface area contributed by atoms with Gasteiger partial charge >= 0.3 is 5.97 Å². The number of oxazole rings is 1. The van der Waals surface area contributed by atoms with Gasteiger partial charge in [0.25, 0.3) is 6.43 Å². The fourth-order valence-electron chi connectivity index (χ4n) is 1.56. The number of halogens is 3. The van der Waals surface area contributed by atoms with Crippen molar-refractivity contribution in [2.75, 3.05) is 0 Å². The van der Waals surface area contributed by atoms with E-state index >= 15 is 0 Å². The number of carboxylic acid groups (broad SMARTS) is 1. The molecule has 0 atom stereocenters. The lowest BCUT2D eigenvalue weighted by atomic mass is 10.1. The lowest BCUT2D eigenvalue weighted by Crippen LogP contribution is -1.99. The number of aromatic nitrogens is 1. The second-order valence-corrected chi connectivity index (χ2v) is 4.57. The Labute approximate surface area is 115 Å². The molecule has 1 N–H and O–H groups in total. The summed E-state index contributed by atoms with van der Waals surface area (Å²) in [6.45, 7) is 1.81. The third-order valence-corrected chi connectivity index (χ3v) is 3.53. The third kappa shape index (κ3) is 2.51. The minimum absolute atomic E-state index is 0.150. The molecule has 0 amide bonds. The van der Waals surface area contributed by atoms with Crippen molar-refractivity contribution in [2.24, 2.45) is 0 Å².